The lowest BCUT2D eigenvalue weighted by Crippen LogP contribution is -2.22. The third-order valence-electron chi connectivity index (χ3n) is 4.37. The number of hydrogen-bond donors (Lipinski definition) is 2. The highest BCUT2D eigenvalue weighted by atomic mass is 32.2. The lowest BCUT2D eigenvalue weighted by atomic mass is 10.2. The van der Waals surface area contributed by atoms with E-state index in [9.17, 15) is 9.59 Å². The predicted octanol–water partition coefficient (Wildman–Crippen LogP) is 4.17. The minimum atomic E-state index is -0.302. The smallest absolute Gasteiger partial charge is 0.237 e. The molecular weight excluding hydrogens is 376 g/mol. The van der Waals surface area contributed by atoms with Gasteiger partial charge in [-0.3, -0.25) is 9.59 Å². The lowest BCUT2D eigenvalue weighted by molar-refractivity contribution is -0.117. The maximum atomic E-state index is 12.5. The van der Waals surface area contributed by atoms with Crippen molar-refractivity contribution in [1.82, 2.24) is 0 Å². The summed E-state index contributed by atoms with van der Waals surface area (Å²) in [5, 5.41) is 5.50. The molecule has 0 aromatic heterocycles. The normalized spacial score (nSPS) is 14.1. The van der Waals surface area contributed by atoms with E-state index in [-0.39, 0.29) is 23.0 Å². The standard InChI is InChI=1S/C21H24N2O4S/c1-13(20(24)23-16-10-17(26-2)12-18(11-16)27-3)28-19-8-6-15(7-9-19)22-21(25)14-4-5-14/h6-14H,4-5H2,1-3H3,(H,22,25)(H,23,24). The molecule has 28 heavy (non-hydrogen) atoms. The van der Waals surface area contributed by atoms with Crippen LogP contribution in [0.2, 0.25) is 0 Å². The largest absolute Gasteiger partial charge is 0.497 e. The second-order valence-electron chi connectivity index (χ2n) is 6.64. The Morgan fingerprint density at radius 2 is 1.57 bits per heavy atom. The van der Waals surface area contributed by atoms with Crippen LogP contribution in [-0.2, 0) is 9.59 Å². The summed E-state index contributed by atoms with van der Waals surface area (Å²) in [7, 11) is 3.13. The van der Waals surface area contributed by atoms with Crippen LogP contribution in [0, 0.1) is 5.92 Å². The van der Waals surface area contributed by atoms with Crippen LogP contribution in [0.5, 0.6) is 11.5 Å². The quantitative estimate of drug-likeness (QED) is 0.651. The van der Waals surface area contributed by atoms with E-state index in [1.54, 1.807) is 32.4 Å². The number of amides is 2. The van der Waals surface area contributed by atoms with Gasteiger partial charge >= 0.3 is 0 Å². The van der Waals surface area contributed by atoms with Crippen LogP contribution in [0.3, 0.4) is 0 Å². The number of carbonyl (C=O) groups excluding carboxylic acids is 2. The van der Waals surface area contributed by atoms with Crippen molar-refractivity contribution in [3.05, 3.63) is 42.5 Å². The van der Waals surface area contributed by atoms with Crippen molar-refractivity contribution in [2.75, 3.05) is 24.9 Å². The van der Waals surface area contributed by atoms with Gasteiger partial charge in [-0.1, -0.05) is 0 Å². The molecule has 7 heteroatoms. The van der Waals surface area contributed by atoms with Crippen LogP contribution in [0.25, 0.3) is 0 Å². The van der Waals surface area contributed by atoms with E-state index in [1.165, 1.54) is 11.8 Å². The van der Waals surface area contributed by atoms with Crippen LogP contribution in [0.4, 0.5) is 11.4 Å². The summed E-state index contributed by atoms with van der Waals surface area (Å²) >= 11 is 1.45. The molecule has 6 nitrogen and oxygen atoms in total. The molecule has 0 heterocycles. The van der Waals surface area contributed by atoms with Gasteiger partial charge in [-0.15, -0.1) is 11.8 Å². The second kappa shape index (κ2) is 9.01. The van der Waals surface area contributed by atoms with E-state index in [2.05, 4.69) is 10.6 Å². The van der Waals surface area contributed by atoms with Crippen LogP contribution in [-0.4, -0.2) is 31.3 Å². The number of anilines is 2. The first-order valence-corrected chi connectivity index (χ1v) is 9.98. The van der Waals surface area contributed by atoms with E-state index in [1.807, 2.05) is 31.2 Å². The number of hydrogen-bond acceptors (Lipinski definition) is 5. The highest BCUT2D eigenvalue weighted by Crippen LogP contribution is 2.31. The Morgan fingerprint density at radius 1 is 0.964 bits per heavy atom. The Balaban J connectivity index is 1.57. The van der Waals surface area contributed by atoms with Crippen molar-refractivity contribution in [2.45, 2.75) is 29.9 Å². The second-order valence-corrected chi connectivity index (χ2v) is 8.05. The fraction of sp³-hybridized carbons (Fsp3) is 0.333. The summed E-state index contributed by atoms with van der Waals surface area (Å²) in [6.45, 7) is 1.85. The molecule has 1 unspecified atom stereocenters. The highest BCUT2D eigenvalue weighted by molar-refractivity contribution is 8.00. The van der Waals surface area contributed by atoms with Gasteiger partial charge in [-0.2, -0.15) is 0 Å². The fourth-order valence-electron chi connectivity index (χ4n) is 2.59. The number of rotatable bonds is 8. The van der Waals surface area contributed by atoms with Crippen LogP contribution >= 0.6 is 11.8 Å². The Bertz CT molecular complexity index is 828. The topological polar surface area (TPSA) is 76.7 Å². The first kappa shape index (κ1) is 20.1. The number of carbonyl (C=O) groups is 2. The van der Waals surface area contributed by atoms with Gasteiger partial charge in [0.1, 0.15) is 11.5 Å². The first-order chi connectivity index (χ1) is 13.5. The van der Waals surface area contributed by atoms with Gasteiger partial charge in [-0.25, -0.2) is 0 Å². The average Bonchev–Trinajstić information content (AvgIpc) is 3.54. The zero-order valence-corrected chi connectivity index (χ0v) is 17.0. The van der Waals surface area contributed by atoms with Gasteiger partial charge in [0, 0.05) is 40.4 Å². The zero-order valence-electron chi connectivity index (χ0n) is 16.2. The molecule has 2 amide bonds. The maximum absolute atomic E-state index is 12.5. The van der Waals surface area contributed by atoms with E-state index in [0.29, 0.717) is 17.2 Å². The van der Waals surface area contributed by atoms with E-state index < -0.39 is 0 Å². The number of methoxy groups -OCH3 is 2. The Hall–Kier alpha value is -2.67. The molecule has 1 aliphatic rings. The van der Waals surface area contributed by atoms with Crippen molar-refractivity contribution in [1.29, 1.82) is 0 Å². The Kier molecular flexibility index (Phi) is 6.46. The summed E-state index contributed by atoms with van der Waals surface area (Å²) in [4.78, 5) is 25.3. The fourth-order valence-corrected chi connectivity index (χ4v) is 3.46. The molecule has 0 radical (unpaired) electrons. The van der Waals surface area contributed by atoms with Crippen LogP contribution in [0.15, 0.2) is 47.4 Å². The van der Waals surface area contributed by atoms with Gasteiger partial charge < -0.3 is 20.1 Å². The molecule has 148 valence electrons. The highest BCUT2D eigenvalue weighted by Gasteiger charge is 2.29. The molecule has 2 aromatic rings. The van der Waals surface area contributed by atoms with Gasteiger partial charge in [-0.05, 0) is 44.0 Å². The molecule has 2 aromatic carbocycles. The van der Waals surface area contributed by atoms with Crippen molar-refractivity contribution in [3.63, 3.8) is 0 Å². The molecule has 0 saturated heterocycles. The summed E-state index contributed by atoms with van der Waals surface area (Å²) in [6.07, 6.45) is 1.96. The summed E-state index contributed by atoms with van der Waals surface area (Å²) < 4.78 is 10.5. The van der Waals surface area contributed by atoms with Gasteiger partial charge in [0.25, 0.3) is 0 Å². The molecule has 0 aliphatic heterocycles. The summed E-state index contributed by atoms with van der Waals surface area (Å²) in [5.74, 6) is 1.36. The van der Waals surface area contributed by atoms with Crippen molar-refractivity contribution in [3.8, 4) is 11.5 Å². The lowest BCUT2D eigenvalue weighted by Gasteiger charge is -2.14. The summed E-state index contributed by atoms with van der Waals surface area (Å²) in [5.41, 5.74) is 1.40. The molecule has 1 atom stereocenters. The minimum Gasteiger partial charge on any atom is -0.497 e. The van der Waals surface area contributed by atoms with Gasteiger partial charge in [0.2, 0.25) is 11.8 Å². The van der Waals surface area contributed by atoms with E-state index >= 15 is 0 Å². The minimum absolute atomic E-state index is 0.0851. The van der Waals surface area contributed by atoms with Crippen LogP contribution < -0.4 is 20.1 Å². The van der Waals surface area contributed by atoms with Crippen molar-refractivity contribution < 1.29 is 19.1 Å². The van der Waals surface area contributed by atoms with Crippen molar-refractivity contribution >= 4 is 35.0 Å². The van der Waals surface area contributed by atoms with Crippen molar-refractivity contribution in [2.24, 2.45) is 5.92 Å². The molecule has 1 saturated carbocycles. The average molecular weight is 401 g/mol. The molecule has 1 aliphatic carbocycles. The monoisotopic (exact) mass is 400 g/mol. The molecule has 2 N–H and O–H groups in total. The zero-order chi connectivity index (χ0) is 20.1. The number of benzene rings is 2. The van der Waals surface area contributed by atoms with Gasteiger partial charge in [0.05, 0.1) is 19.5 Å². The van der Waals surface area contributed by atoms with E-state index in [4.69, 9.17) is 9.47 Å². The number of ether oxygens (including phenoxy) is 2. The molecule has 0 spiro atoms. The number of thioether (sulfide) groups is 1. The van der Waals surface area contributed by atoms with Crippen LogP contribution in [0.1, 0.15) is 19.8 Å². The predicted molar refractivity (Wildman–Crippen MR) is 111 cm³/mol. The molecular formula is C21H24N2O4S. The Morgan fingerprint density at radius 3 is 2.11 bits per heavy atom. The summed E-state index contributed by atoms with van der Waals surface area (Å²) in [6, 6.07) is 12.8. The SMILES string of the molecule is COc1cc(NC(=O)C(C)Sc2ccc(NC(=O)C3CC3)cc2)cc(OC)c1. The first-order valence-electron chi connectivity index (χ1n) is 9.10. The van der Waals surface area contributed by atoms with Gasteiger partial charge in [0.15, 0.2) is 0 Å². The molecule has 1 fully saturated rings. The van der Waals surface area contributed by atoms with E-state index in [0.717, 1.165) is 23.4 Å². The molecule has 3 rings (SSSR count). The number of nitrogens with one attached hydrogen (secondary N) is 2. The maximum Gasteiger partial charge on any atom is 0.237 e. The Labute approximate surface area is 169 Å². The molecule has 0 bridgehead atoms. The third kappa shape index (κ3) is 5.42. The third-order valence-corrected chi connectivity index (χ3v) is 5.48.